The van der Waals surface area contributed by atoms with E-state index in [4.69, 9.17) is 24.2 Å². The first-order valence-electron chi connectivity index (χ1n) is 11.1. The molecule has 3 heterocycles. The number of hydroxylamine groups is 2. The van der Waals surface area contributed by atoms with Crippen LogP contribution >= 0.6 is 0 Å². The normalized spacial score (nSPS) is 14.7. The van der Waals surface area contributed by atoms with Crippen molar-refractivity contribution in [3.8, 4) is 11.5 Å². The third kappa shape index (κ3) is 6.93. The zero-order valence-electron chi connectivity index (χ0n) is 19.5. The minimum atomic E-state index is -0.690. The highest BCUT2D eigenvalue weighted by Gasteiger charge is 2.25. The van der Waals surface area contributed by atoms with Gasteiger partial charge in [0.1, 0.15) is 6.10 Å². The molecule has 180 valence electrons. The van der Waals surface area contributed by atoms with Gasteiger partial charge in [-0.3, -0.25) is 4.98 Å². The molecule has 0 atom stereocenters. The Morgan fingerprint density at radius 3 is 2.67 bits per heavy atom. The predicted molar refractivity (Wildman–Crippen MR) is 122 cm³/mol. The second-order valence-corrected chi connectivity index (χ2v) is 7.98. The number of nitrogens with zero attached hydrogens (tertiary/aromatic N) is 3. The summed E-state index contributed by atoms with van der Waals surface area (Å²) in [5, 5.41) is 14.0. The van der Waals surface area contributed by atoms with Crippen LogP contribution in [0.2, 0.25) is 0 Å². The van der Waals surface area contributed by atoms with Gasteiger partial charge in [0.15, 0.2) is 11.6 Å². The molecule has 0 bridgehead atoms. The Kier molecular flexibility index (Phi) is 8.67. The standard InChI is InChI=1S/C23H32N4O6/c1-15(2)31-23(29)33-27-12-8-18(9-13-27)32-20-7-11-24-22(21(20)30-4)26-19-6-5-17(10-14-28)25-16(19)3/h5-7,11,15,18,28H,8-10,12-14H2,1-4H3,(H,24,26). The van der Waals surface area contributed by atoms with E-state index in [0.717, 1.165) is 17.1 Å². The van der Waals surface area contributed by atoms with Crippen LogP contribution in [0, 0.1) is 6.92 Å². The van der Waals surface area contributed by atoms with Gasteiger partial charge in [0.25, 0.3) is 0 Å². The molecule has 0 amide bonds. The number of aryl methyl sites for hydroxylation is 1. The topological polar surface area (TPSA) is 115 Å². The molecule has 3 rings (SSSR count). The first kappa shape index (κ1) is 24.5. The van der Waals surface area contributed by atoms with E-state index in [0.29, 0.717) is 49.7 Å². The molecule has 1 fully saturated rings. The molecule has 1 saturated heterocycles. The Bertz CT molecular complexity index is 931. The fraction of sp³-hybridized carbons (Fsp3) is 0.522. The summed E-state index contributed by atoms with van der Waals surface area (Å²) < 4.78 is 16.8. The van der Waals surface area contributed by atoms with E-state index in [2.05, 4.69) is 15.3 Å². The number of carbonyl (C=O) groups is 1. The van der Waals surface area contributed by atoms with Crippen molar-refractivity contribution in [1.82, 2.24) is 15.0 Å². The molecule has 10 heteroatoms. The highest BCUT2D eigenvalue weighted by atomic mass is 16.8. The molecule has 1 aliphatic heterocycles. The summed E-state index contributed by atoms with van der Waals surface area (Å²) in [6.45, 7) is 6.58. The van der Waals surface area contributed by atoms with E-state index in [9.17, 15) is 4.79 Å². The van der Waals surface area contributed by atoms with Gasteiger partial charge in [-0.1, -0.05) is 0 Å². The van der Waals surface area contributed by atoms with Gasteiger partial charge < -0.3 is 29.5 Å². The van der Waals surface area contributed by atoms with Gasteiger partial charge in [-0.2, -0.15) is 0 Å². The summed E-state index contributed by atoms with van der Waals surface area (Å²) in [6, 6.07) is 5.54. The number of piperidine rings is 1. The zero-order valence-corrected chi connectivity index (χ0v) is 19.5. The lowest BCUT2D eigenvalue weighted by atomic mass is 10.1. The van der Waals surface area contributed by atoms with Crippen molar-refractivity contribution in [1.29, 1.82) is 0 Å². The van der Waals surface area contributed by atoms with Gasteiger partial charge in [-0.05, 0) is 32.9 Å². The Balaban J connectivity index is 1.62. The molecular formula is C23H32N4O6. The van der Waals surface area contributed by atoms with Crippen LogP contribution in [0.15, 0.2) is 24.4 Å². The fourth-order valence-electron chi connectivity index (χ4n) is 3.48. The summed E-state index contributed by atoms with van der Waals surface area (Å²) in [6.07, 6.45) is 2.55. The number of methoxy groups -OCH3 is 1. The molecular weight excluding hydrogens is 428 g/mol. The molecule has 2 aromatic rings. The number of pyridine rings is 2. The summed E-state index contributed by atoms with van der Waals surface area (Å²) in [5.74, 6) is 1.60. The Morgan fingerprint density at radius 2 is 2.03 bits per heavy atom. The SMILES string of the molecule is COc1c(OC2CCN(OC(=O)OC(C)C)CC2)ccnc1Nc1ccc(CCO)nc1C. The predicted octanol–water partition coefficient (Wildman–Crippen LogP) is 3.39. The van der Waals surface area contributed by atoms with Gasteiger partial charge >= 0.3 is 6.16 Å². The largest absolute Gasteiger partial charge is 0.528 e. The van der Waals surface area contributed by atoms with E-state index in [1.54, 1.807) is 38.3 Å². The first-order valence-corrected chi connectivity index (χ1v) is 11.1. The van der Waals surface area contributed by atoms with E-state index < -0.39 is 6.16 Å². The van der Waals surface area contributed by atoms with Crippen LogP contribution in [0.4, 0.5) is 16.3 Å². The Labute approximate surface area is 193 Å². The molecule has 2 N–H and O–H groups in total. The smallest absolute Gasteiger partial charge is 0.490 e. The maximum absolute atomic E-state index is 11.7. The molecule has 33 heavy (non-hydrogen) atoms. The third-order valence-electron chi connectivity index (χ3n) is 5.07. The van der Waals surface area contributed by atoms with Crippen LogP contribution < -0.4 is 14.8 Å². The first-order chi connectivity index (χ1) is 15.9. The number of hydrogen-bond donors (Lipinski definition) is 2. The monoisotopic (exact) mass is 460 g/mol. The number of hydrogen-bond acceptors (Lipinski definition) is 10. The maximum atomic E-state index is 11.7. The third-order valence-corrected chi connectivity index (χ3v) is 5.07. The molecule has 0 aromatic carbocycles. The highest BCUT2D eigenvalue weighted by Crippen LogP contribution is 2.36. The Hall–Kier alpha value is -3.11. The molecule has 0 radical (unpaired) electrons. The molecule has 1 aliphatic rings. The number of aromatic nitrogens is 2. The molecule has 0 spiro atoms. The van der Waals surface area contributed by atoms with Crippen LogP contribution in [0.5, 0.6) is 11.5 Å². The van der Waals surface area contributed by atoms with E-state index in [1.165, 1.54) is 0 Å². The van der Waals surface area contributed by atoms with Crippen molar-refractivity contribution in [2.24, 2.45) is 0 Å². The van der Waals surface area contributed by atoms with E-state index in [-0.39, 0.29) is 18.8 Å². The quantitative estimate of drug-likeness (QED) is 0.540. The van der Waals surface area contributed by atoms with E-state index in [1.807, 2.05) is 19.1 Å². The average Bonchev–Trinajstić information content (AvgIpc) is 2.77. The van der Waals surface area contributed by atoms with Gasteiger partial charge in [0.2, 0.25) is 5.75 Å². The number of aliphatic hydroxyl groups excluding tert-OH is 1. The lowest BCUT2D eigenvalue weighted by Gasteiger charge is -2.30. The van der Waals surface area contributed by atoms with Crippen LogP contribution in [-0.2, 0) is 16.0 Å². The van der Waals surface area contributed by atoms with Crippen molar-refractivity contribution in [2.45, 2.75) is 52.2 Å². The summed E-state index contributed by atoms with van der Waals surface area (Å²) >= 11 is 0. The van der Waals surface area contributed by atoms with Crippen molar-refractivity contribution in [2.75, 3.05) is 32.1 Å². The van der Waals surface area contributed by atoms with Crippen molar-refractivity contribution in [3.05, 3.63) is 35.8 Å². The Morgan fingerprint density at radius 1 is 1.27 bits per heavy atom. The molecule has 2 aromatic heterocycles. The molecule has 10 nitrogen and oxygen atoms in total. The van der Waals surface area contributed by atoms with Crippen molar-refractivity contribution < 1.29 is 28.9 Å². The summed E-state index contributed by atoms with van der Waals surface area (Å²) in [4.78, 5) is 25.8. The number of nitrogens with one attached hydrogen (secondary N) is 1. The fourth-order valence-corrected chi connectivity index (χ4v) is 3.48. The minimum Gasteiger partial charge on any atom is -0.490 e. The highest BCUT2D eigenvalue weighted by molar-refractivity contribution is 5.67. The number of ether oxygens (including phenoxy) is 3. The van der Waals surface area contributed by atoms with Crippen molar-refractivity contribution in [3.63, 3.8) is 0 Å². The summed E-state index contributed by atoms with van der Waals surface area (Å²) in [5.41, 5.74) is 2.41. The van der Waals surface area contributed by atoms with Crippen LogP contribution in [0.1, 0.15) is 38.1 Å². The number of rotatable bonds is 9. The zero-order chi connectivity index (χ0) is 23.8. The van der Waals surface area contributed by atoms with Crippen LogP contribution in [-0.4, -0.2) is 65.3 Å². The van der Waals surface area contributed by atoms with Crippen LogP contribution in [0.3, 0.4) is 0 Å². The second-order valence-electron chi connectivity index (χ2n) is 7.98. The van der Waals surface area contributed by atoms with Crippen molar-refractivity contribution >= 4 is 17.7 Å². The number of carbonyl (C=O) groups excluding carboxylic acids is 1. The lowest BCUT2D eigenvalue weighted by Crippen LogP contribution is -2.39. The molecule has 0 saturated carbocycles. The maximum Gasteiger partial charge on any atom is 0.528 e. The van der Waals surface area contributed by atoms with Gasteiger partial charge in [-0.25, -0.2) is 9.78 Å². The molecule has 0 aliphatic carbocycles. The number of aliphatic hydroxyl groups is 1. The van der Waals surface area contributed by atoms with Gasteiger partial charge in [0.05, 0.1) is 24.6 Å². The second kappa shape index (κ2) is 11.7. The van der Waals surface area contributed by atoms with Crippen LogP contribution in [0.25, 0.3) is 0 Å². The van der Waals surface area contributed by atoms with Gasteiger partial charge in [0, 0.05) is 56.9 Å². The lowest BCUT2D eigenvalue weighted by molar-refractivity contribution is -0.151. The summed E-state index contributed by atoms with van der Waals surface area (Å²) in [7, 11) is 1.57. The minimum absolute atomic E-state index is 0.0566. The molecule has 0 unspecified atom stereocenters. The number of anilines is 2. The average molecular weight is 461 g/mol. The van der Waals surface area contributed by atoms with E-state index >= 15 is 0 Å². The van der Waals surface area contributed by atoms with Gasteiger partial charge in [-0.15, -0.1) is 5.06 Å².